The summed E-state index contributed by atoms with van der Waals surface area (Å²) in [4.78, 5) is 23.4. The predicted octanol–water partition coefficient (Wildman–Crippen LogP) is 4.11. The molecule has 0 radical (unpaired) electrons. The first-order valence-electron chi connectivity index (χ1n) is 8.37. The Morgan fingerprint density at radius 2 is 1.85 bits per heavy atom. The Labute approximate surface area is 157 Å². The minimum atomic E-state index is -1.19. The number of nitrogens with one attached hydrogen (secondary N) is 1. The van der Waals surface area contributed by atoms with Crippen molar-refractivity contribution in [1.29, 1.82) is 0 Å². The van der Waals surface area contributed by atoms with Gasteiger partial charge < -0.3 is 20.9 Å². The Bertz CT molecular complexity index is 888. The van der Waals surface area contributed by atoms with Gasteiger partial charge in [0.25, 0.3) is 0 Å². The van der Waals surface area contributed by atoms with Gasteiger partial charge in [-0.3, -0.25) is 0 Å². The number of amides is 1. The van der Waals surface area contributed by atoms with E-state index >= 15 is 0 Å². The summed E-state index contributed by atoms with van der Waals surface area (Å²) >= 11 is 0. The Hall–Kier alpha value is -3.09. The van der Waals surface area contributed by atoms with Crippen LogP contribution in [-0.4, -0.2) is 22.8 Å². The fourth-order valence-electron chi connectivity index (χ4n) is 2.63. The first kappa shape index (κ1) is 20.2. The highest BCUT2D eigenvalue weighted by atomic mass is 19.1. The third-order valence-electron chi connectivity index (χ3n) is 3.78. The van der Waals surface area contributed by atoms with Crippen LogP contribution in [0.4, 0.5) is 14.9 Å². The number of benzene rings is 2. The van der Waals surface area contributed by atoms with E-state index in [2.05, 4.69) is 5.32 Å². The number of aryl methyl sites for hydroxylation is 1. The number of carboxylic acid groups (broad SMARTS) is 1. The fourth-order valence-corrected chi connectivity index (χ4v) is 2.63. The number of hydrogen-bond donors (Lipinski definition) is 3. The average molecular weight is 374 g/mol. The minimum Gasteiger partial charge on any atom is -0.478 e. The molecule has 0 bridgehead atoms. The second-order valence-corrected chi connectivity index (χ2v) is 7.22. The molecular formula is C20H23FN2O4. The van der Waals surface area contributed by atoms with Crippen LogP contribution in [0.1, 0.15) is 42.3 Å². The van der Waals surface area contributed by atoms with Crippen molar-refractivity contribution in [3.63, 3.8) is 0 Å². The summed E-state index contributed by atoms with van der Waals surface area (Å²) in [6.07, 6.45) is -0.615. The quantitative estimate of drug-likeness (QED) is 0.699. The normalized spacial score (nSPS) is 11.1. The van der Waals surface area contributed by atoms with Crippen LogP contribution < -0.4 is 11.1 Å². The van der Waals surface area contributed by atoms with E-state index in [-0.39, 0.29) is 17.8 Å². The molecule has 0 aliphatic heterocycles. The molecule has 0 unspecified atom stereocenters. The lowest BCUT2D eigenvalue weighted by Gasteiger charge is -2.20. The van der Waals surface area contributed by atoms with Gasteiger partial charge in [0, 0.05) is 12.1 Å². The van der Waals surface area contributed by atoms with E-state index in [0.717, 1.165) is 0 Å². The summed E-state index contributed by atoms with van der Waals surface area (Å²) in [7, 11) is 0. The van der Waals surface area contributed by atoms with Gasteiger partial charge in [-0.1, -0.05) is 6.07 Å². The number of hydrogen-bond acceptors (Lipinski definition) is 4. The number of aromatic carboxylic acids is 1. The van der Waals surface area contributed by atoms with Gasteiger partial charge in [0.1, 0.15) is 11.4 Å². The molecule has 0 heterocycles. The van der Waals surface area contributed by atoms with Gasteiger partial charge >= 0.3 is 12.1 Å². The van der Waals surface area contributed by atoms with Gasteiger partial charge in [-0.25, -0.2) is 14.0 Å². The Morgan fingerprint density at radius 3 is 2.41 bits per heavy atom. The molecule has 0 aliphatic rings. The lowest BCUT2D eigenvalue weighted by molar-refractivity contribution is 0.0523. The number of carbonyl (C=O) groups excluding carboxylic acids is 1. The zero-order chi connectivity index (χ0) is 20.4. The third kappa shape index (κ3) is 5.20. The third-order valence-corrected chi connectivity index (χ3v) is 3.78. The topological polar surface area (TPSA) is 102 Å². The summed E-state index contributed by atoms with van der Waals surface area (Å²) in [5.74, 6) is -1.58. The maximum atomic E-state index is 13.4. The van der Waals surface area contributed by atoms with Gasteiger partial charge in [0.05, 0.1) is 11.3 Å². The lowest BCUT2D eigenvalue weighted by Crippen LogP contribution is -2.32. The van der Waals surface area contributed by atoms with Crippen LogP contribution in [0.2, 0.25) is 0 Å². The molecule has 0 saturated heterocycles. The van der Waals surface area contributed by atoms with Crippen LogP contribution in [0.5, 0.6) is 0 Å². The van der Waals surface area contributed by atoms with Crippen LogP contribution in [0, 0.1) is 12.7 Å². The Kier molecular flexibility index (Phi) is 5.73. The molecule has 27 heavy (non-hydrogen) atoms. The molecule has 1 amide bonds. The monoisotopic (exact) mass is 374 g/mol. The summed E-state index contributed by atoms with van der Waals surface area (Å²) < 4.78 is 18.6. The molecule has 0 fully saturated rings. The van der Waals surface area contributed by atoms with Crippen LogP contribution in [-0.2, 0) is 11.3 Å². The number of carbonyl (C=O) groups is 2. The lowest BCUT2D eigenvalue weighted by atomic mass is 9.94. The molecule has 0 aliphatic carbocycles. The number of carboxylic acids is 1. The molecule has 6 nitrogen and oxygen atoms in total. The SMILES string of the molecule is Cc1cc(F)ccc1-c1cc(CNC(=O)OC(C)(C)C)cc(C(=O)O)c1N. The van der Waals surface area contributed by atoms with E-state index < -0.39 is 23.5 Å². The van der Waals surface area contributed by atoms with Crippen molar-refractivity contribution in [2.24, 2.45) is 0 Å². The molecular weight excluding hydrogens is 351 g/mol. The molecule has 0 saturated carbocycles. The van der Waals surface area contributed by atoms with Gasteiger partial charge in [-0.15, -0.1) is 0 Å². The molecule has 144 valence electrons. The number of alkyl carbamates (subject to hydrolysis) is 1. The number of ether oxygens (including phenoxy) is 1. The van der Waals surface area contributed by atoms with E-state index in [1.807, 2.05) is 0 Å². The van der Waals surface area contributed by atoms with E-state index in [4.69, 9.17) is 10.5 Å². The van der Waals surface area contributed by atoms with Crippen molar-refractivity contribution in [2.45, 2.75) is 39.8 Å². The molecule has 7 heteroatoms. The highest BCUT2D eigenvalue weighted by Gasteiger charge is 2.19. The highest BCUT2D eigenvalue weighted by Crippen LogP contribution is 2.33. The van der Waals surface area contributed by atoms with Crippen LogP contribution in [0.15, 0.2) is 30.3 Å². The highest BCUT2D eigenvalue weighted by molar-refractivity contribution is 5.99. The van der Waals surface area contributed by atoms with Crippen molar-refractivity contribution in [1.82, 2.24) is 5.32 Å². The molecule has 4 N–H and O–H groups in total. The van der Waals surface area contributed by atoms with E-state index in [0.29, 0.717) is 22.3 Å². The van der Waals surface area contributed by atoms with Crippen LogP contribution in [0.3, 0.4) is 0 Å². The number of halogens is 1. The Balaban J connectivity index is 2.40. The number of rotatable bonds is 4. The van der Waals surface area contributed by atoms with Crippen molar-refractivity contribution in [2.75, 3.05) is 5.73 Å². The molecule has 0 aromatic heterocycles. The number of nitrogen functional groups attached to an aromatic ring is 1. The predicted molar refractivity (Wildman–Crippen MR) is 101 cm³/mol. The molecule has 2 rings (SSSR count). The van der Waals surface area contributed by atoms with Crippen LogP contribution >= 0.6 is 0 Å². The van der Waals surface area contributed by atoms with Crippen molar-refractivity contribution < 1.29 is 23.8 Å². The summed E-state index contributed by atoms with van der Waals surface area (Å²) in [6.45, 7) is 7.00. The summed E-state index contributed by atoms with van der Waals surface area (Å²) in [6, 6.07) is 7.26. The standard InChI is InChI=1S/C20H23FN2O4/c1-11-7-13(21)5-6-14(11)15-8-12(9-16(17(15)22)18(24)25)10-23-19(26)27-20(2,3)4/h5-9H,10,22H2,1-4H3,(H,23,26)(H,24,25). The van der Waals surface area contributed by atoms with Gasteiger partial charge in [0.2, 0.25) is 0 Å². The maximum absolute atomic E-state index is 13.4. The molecule has 0 spiro atoms. The molecule has 2 aromatic rings. The smallest absolute Gasteiger partial charge is 0.407 e. The van der Waals surface area contributed by atoms with Crippen molar-refractivity contribution >= 4 is 17.7 Å². The fraction of sp³-hybridized carbons (Fsp3) is 0.300. The van der Waals surface area contributed by atoms with E-state index in [9.17, 15) is 19.1 Å². The van der Waals surface area contributed by atoms with Gasteiger partial charge in [0.15, 0.2) is 0 Å². The molecule has 0 atom stereocenters. The van der Waals surface area contributed by atoms with E-state index in [1.165, 1.54) is 18.2 Å². The minimum absolute atomic E-state index is 0.0582. The van der Waals surface area contributed by atoms with Crippen molar-refractivity contribution in [3.05, 3.63) is 52.8 Å². The second kappa shape index (κ2) is 7.65. The summed E-state index contributed by atoms with van der Waals surface area (Å²) in [5, 5.41) is 12.0. The van der Waals surface area contributed by atoms with Gasteiger partial charge in [-0.05, 0) is 68.7 Å². The van der Waals surface area contributed by atoms with Crippen molar-refractivity contribution in [3.8, 4) is 11.1 Å². The second-order valence-electron chi connectivity index (χ2n) is 7.22. The first-order valence-corrected chi connectivity index (χ1v) is 8.37. The maximum Gasteiger partial charge on any atom is 0.407 e. The summed E-state index contributed by atoms with van der Waals surface area (Å²) in [5.41, 5.74) is 7.64. The van der Waals surface area contributed by atoms with Crippen LogP contribution in [0.25, 0.3) is 11.1 Å². The zero-order valence-corrected chi connectivity index (χ0v) is 15.7. The first-order chi connectivity index (χ1) is 12.5. The largest absolute Gasteiger partial charge is 0.478 e. The average Bonchev–Trinajstić information content (AvgIpc) is 2.52. The number of anilines is 1. The zero-order valence-electron chi connectivity index (χ0n) is 15.7. The number of nitrogens with two attached hydrogens (primary N) is 1. The molecule has 2 aromatic carbocycles. The van der Waals surface area contributed by atoms with E-state index in [1.54, 1.807) is 39.8 Å². The van der Waals surface area contributed by atoms with Gasteiger partial charge in [-0.2, -0.15) is 0 Å². The Morgan fingerprint density at radius 1 is 1.19 bits per heavy atom.